The predicted molar refractivity (Wildman–Crippen MR) is 102 cm³/mol. The van der Waals surface area contributed by atoms with E-state index in [2.05, 4.69) is 10.3 Å². The van der Waals surface area contributed by atoms with E-state index in [0.717, 1.165) is 11.3 Å². The van der Waals surface area contributed by atoms with Gasteiger partial charge in [-0.05, 0) is 50.2 Å². The number of ether oxygens (including phenoxy) is 1. The number of aryl methyl sites for hydroxylation is 1. The monoisotopic (exact) mass is 402 g/mol. The first-order valence-electron chi connectivity index (χ1n) is 8.35. The smallest absolute Gasteiger partial charge is 0.351 e. The third-order valence-electron chi connectivity index (χ3n) is 3.86. The third kappa shape index (κ3) is 4.40. The van der Waals surface area contributed by atoms with Crippen molar-refractivity contribution in [3.63, 3.8) is 0 Å². The summed E-state index contributed by atoms with van der Waals surface area (Å²) in [4.78, 5) is 29.2. The molecule has 0 radical (unpaired) electrons. The zero-order chi connectivity index (χ0) is 20.3. The Labute approximate surface area is 164 Å². The van der Waals surface area contributed by atoms with Crippen LogP contribution in [0.5, 0.6) is 0 Å². The minimum absolute atomic E-state index is 0.00275. The van der Waals surface area contributed by atoms with E-state index in [1.165, 1.54) is 37.3 Å². The summed E-state index contributed by atoms with van der Waals surface area (Å²) in [5.74, 6) is -2.32. The van der Waals surface area contributed by atoms with E-state index in [1.54, 1.807) is 25.1 Å². The molecule has 0 saturated heterocycles. The number of hydrogen-bond donors (Lipinski definition) is 1. The highest BCUT2D eigenvalue weighted by Gasteiger charge is 2.23. The van der Waals surface area contributed by atoms with Crippen LogP contribution in [0.4, 0.5) is 14.5 Å². The van der Waals surface area contributed by atoms with Gasteiger partial charge >= 0.3 is 5.97 Å². The fourth-order valence-electron chi connectivity index (χ4n) is 2.37. The highest BCUT2D eigenvalue weighted by Crippen LogP contribution is 2.29. The summed E-state index contributed by atoms with van der Waals surface area (Å²) in [5, 5.41) is 2.91. The van der Waals surface area contributed by atoms with Crippen molar-refractivity contribution >= 4 is 28.9 Å². The second-order valence-electron chi connectivity index (χ2n) is 5.96. The molecule has 0 aliphatic carbocycles. The standard InChI is InChI=1S/C20H16F2N2O3S/c1-11-17(28-19(23-11)13-7-9-14(21)10-8-13)20(26)27-12(2)18(25)24-16-6-4-3-5-15(16)22/h3-10,12H,1-2H3,(H,24,25)/t12-/m0/s1. The van der Waals surface area contributed by atoms with Gasteiger partial charge in [0, 0.05) is 5.56 Å². The number of para-hydroxylation sites is 1. The van der Waals surface area contributed by atoms with Crippen LogP contribution in [0, 0.1) is 18.6 Å². The topological polar surface area (TPSA) is 68.3 Å². The van der Waals surface area contributed by atoms with Gasteiger partial charge in [0.1, 0.15) is 21.5 Å². The number of carbonyl (C=O) groups is 2. The lowest BCUT2D eigenvalue weighted by molar-refractivity contribution is -0.123. The molecule has 0 unspecified atom stereocenters. The predicted octanol–water partition coefficient (Wildman–Crippen LogP) is 4.58. The Morgan fingerprint density at radius 3 is 2.46 bits per heavy atom. The molecule has 3 rings (SSSR count). The van der Waals surface area contributed by atoms with E-state index < -0.39 is 23.8 Å². The molecule has 0 fully saturated rings. The molecule has 3 aromatic rings. The number of amides is 1. The summed E-state index contributed by atoms with van der Waals surface area (Å²) < 4.78 is 31.9. The van der Waals surface area contributed by atoms with Crippen LogP contribution in [-0.2, 0) is 9.53 Å². The van der Waals surface area contributed by atoms with E-state index in [0.29, 0.717) is 16.3 Å². The lowest BCUT2D eigenvalue weighted by Gasteiger charge is -2.13. The van der Waals surface area contributed by atoms with Gasteiger partial charge in [-0.25, -0.2) is 18.6 Å². The van der Waals surface area contributed by atoms with Crippen molar-refractivity contribution in [1.82, 2.24) is 4.98 Å². The highest BCUT2D eigenvalue weighted by molar-refractivity contribution is 7.17. The zero-order valence-corrected chi connectivity index (χ0v) is 15.8. The summed E-state index contributed by atoms with van der Waals surface area (Å²) in [5.41, 5.74) is 1.11. The number of halogens is 2. The van der Waals surface area contributed by atoms with Gasteiger partial charge in [-0.1, -0.05) is 12.1 Å². The van der Waals surface area contributed by atoms with E-state index in [4.69, 9.17) is 4.74 Å². The molecule has 144 valence electrons. The van der Waals surface area contributed by atoms with Crippen molar-refractivity contribution in [3.05, 3.63) is 70.7 Å². The van der Waals surface area contributed by atoms with E-state index in [-0.39, 0.29) is 16.4 Å². The van der Waals surface area contributed by atoms with Crippen molar-refractivity contribution in [1.29, 1.82) is 0 Å². The molecule has 0 spiro atoms. The summed E-state index contributed by atoms with van der Waals surface area (Å²) in [6.45, 7) is 3.04. The Balaban J connectivity index is 1.69. The van der Waals surface area contributed by atoms with Crippen molar-refractivity contribution in [2.24, 2.45) is 0 Å². The van der Waals surface area contributed by atoms with Gasteiger partial charge in [-0.3, -0.25) is 4.79 Å². The molecule has 0 aliphatic rings. The molecule has 5 nitrogen and oxygen atoms in total. The minimum Gasteiger partial charge on any atom is -0.448 e. The summed E-state index contributed by atoms with van der Waals surface area (Å²) in [6.07, 6.45) is -1.14. The Morgan fingerprint density at radius 2 is 1.79 bits per heavy atom. The van der Waals surface area contributed by atoms with Crippen LogP contribution in [0.25, 0.3) is 10.6 Å². The molecular formula is C20H16F2N2O3S. The molecule has 0 bridgehead atoms. The maximum atomic E-state index is 13.6. The number of rotatable bonds is 5. The first-order valence-corrected chi connectivity index (χ1v) is 9.16. The molecule has 8 heteroatoms. The number of anilines is 1. The SMILES string of the molecule is Cc1nc(-c2ccc(F)cc2)sc1C(=O)O[C@@H](C)C(=O)Nc1ccccc1F. The van der Waals surface area contributed by atoms with Crippen LogP contribution in [0.2, 0.25) is 0 Å². The number of esters is 1. The number of aromatic nitrogens is 1. The van der Waals surface area contributed by atoms with Gasteiger partial charge < -0.3 is 10.1 Å². The maximum Gasteiger partial charge on any atom is 0.351 e. The van der Waals surface area contributed by atoms with Gasteiger partial charge in [-0.15, -0.1) is 11.3 Å². The van der Waals surface area contributed by atoms with E-state index in [1.807, 2.05) is 0 Å². The number of carbonyl (C=O) groups excluding carboxylic acids is 2. The Hall–Kier alpha value is -3.13. The first kappa shape index (κ1) is 19.6. The molecule has 1 atom stereocenters. The fraction of sp³-hybridized carbons (Fsp3) is 0.150. The van der Waals surface area contributed by atoms with Crippen LogP contribution in [0.15, 0.2) is 48.5 Å². The second-order valence-corrected chi connectivity index (χ2v) is 6.96. The number of hydrogen-bond acceptors (Lipinski definition) is 5. The van der Waals surface area contributed by atoms with Gasteiger partial charge in [0.25, 0.3) is 5.91 Å². The van der Waals surface area contributed by atoms with Crippen molar-refractivity contribution in [2.75, 3.05) is 5.32 Å². The second kappa shape index (κ2) is 8.26. The molecule has 2 aromatic carbocycles. The first-order chi connectivity index (χ1) is 13.3. The van der Waals surface area contributed by atoms with Crippen molar-refractivity contribution in [3.8, 4) is 10.6 Å². The summed E-state index contributed by atoms with van der Waals surface area (Å²) >= 11 is 1.09. The molecule has 1 N–H and O–H groups in total. The molecule has 0 saturated carbocycles. The molecule has 28 heavy (non-hydrogen) atoms. The molecule has 1 heterocycles. The molecule has 1 aromatic heterocycles. The lowest BCUT2D eigenvalue weighted by atomic mass is 10.2. The van der Waals surface area contributed by atoms with Crippen LogP contribution >= 0.6 is 11.3 Å². The normalized spacial score (nSPS) is 11.7. The van der Waals surface area contributed by atoms with Gasteiger partial charge in [-0.2, -0.15) is 0 Å². The Bertz CT molecular complexity index is 1020. The maximum absolute atomic E-state index is 13.6. The average molecular weight is 402 g/mol. The van der Waals surface area contributed by atoms with E-state index >= 15 is 0 Å². The summed E-state index contributed by atoms with van der Waals surface area (Å²) in [6, 6.07) is 11.4. The number of nitrogens with zero attached hydrogens (tertiary/aromatic N) is 1. The number of nitrogens with one attached hydrogen (secondary N) is 1. The van der Waals surface area contributed by atoms with Gasteiger partial charge in [0.05, 0.1) is 11.4 Å². The molecule has 1 amide bonds. The molecule has 0 aliphatic heterocycles. The lowest BCUT2D eigenvalue weighted by Crippen LogP contribution is -2.30. The quantitative estimate of drug-likeness (QED) is 0.635. The van der Waals surface area contributed by atoms with Gasteiger partial charge in [0.2, 0.25) is 0 Å². The molecular weight excluding hydrogens is 386 g/mol. The van der Waals surface area contributed by atoms with Gasteiger partial charge in [0.15, 0.2) is 6.10 Å². The third-order valence-corrected chi connectivity index (χ3v) is 5.04. The van der Waals surface area contributed by atoms with Crippen molar-refractivity contribution < 1.29 is 23.1 Å². The Morgan fingerprint density at radius 1 is 1.11 bits per heavy atom. The highest BCUT2D eigenvalue weighted by atomic mass is 32.1. The number of benzene rings is 2. The van der Waals surface area contributed by atoms with Crippen LogP contribution in [0.1, 0.15) is 22.3 Å². The van der Waals surface area contributed by atoms with Crippen LogP contribution in [-0.4, -0.2) is 23.0 Å². The zero-order valence-electron chi connectivity index (χ0n) is 15.0. The minimum atomic E-state index is -1.14. The Kier molecular flexibility index (Phi) is 5.79. The average Bonchev–Trinajstić information content (AvgIpc) is 3.06. The fourth-order valence-corrected chi connectivity index (χ4v) is 3.32. The number of thiazole rings is 1. The summed E-state index contributed by atoms with van der Waals surface area (Å²) in [7, 11) is 0. The van der Waals surface area contributed by atoms with Crippen LogP contribution in [0.3, 0.4) is 0 Å². The van der Waals surface area contributed by atoms with Crippen LogP contribution < -0.4 is 5.32 Å². The van der Waals surface area contributed by atoms with E-state index in [9.17, 15) is 18.4 Å². The van der Waals surface area contributed by atoms with Crippen molar-refractivity contribution in [2.45, 2.75) is 20.0 Å². The largest absolute Gasteiger partial charge is 0.448 e.